The molecule has 6 aromatic heterocycles. The third kappa shape index (κ3) is 14.6. The minimum absolute atomic E-state index is 0.530. The van der Waals surface area contributed by atoms with Crippen LogP contribution in [-0.4, -0.2) is 27.4 Å². The van der Waals surface area contributed by atoms with E-state index in [2.05, 4.69) is 331 Å². The molecule has 6 heterocycles. The van der Waals surface area contributed by atoms with Gasteiger partial charge >= 0.3 is 0 Å². The molecule has 0 radical (unpaired) electrons. The second-order valence-corrected chi connectivity index (χ2v) is 36.7. The van der Waals surface area contributed by atoms with E-state index in [4.69, 9.17) is 32.9 Å². The predicted molar refractivity (Wildman–Crippen MR) is 608 cm³/mol. The number of benzene rings is 21. The number of para-hydroxylation sites is 10. The van der Waals surface area contributed by atoms with Gasteiger partial charge in [-0.2, -0.15) is 21.0 Å². The van der Waals surface area contributed by atoms with E-state index >= 15 is 0 Å². The van der Waals surface area contributed by atoms with Gasteiger partial charge in [-0.05, 0) is 247 Å². The van der Waals surface area contributed by atoms with Crippen molar-refractivity contribution in [2.45, 2.75) is 0 Å². The van der Waals surface area contributed by atoms with Crippen LogP contribution >= 0.6 is 0 Å². The fraction of sp³-hybridized carbons (Fsp3) is 0. The van der Waals surface area contributed by atoms with E-state index in [1.54, 1.807) is 0 Å². The van der Waals surface area contributed by atoms with Crippen molar-refractivity contribution in [2.24, 2.45) is 0 Å². The van der Waals surface area contributed by atoms with E-state index in [-0.39, 0.29) is 0 Å². The van der Waals surface area contributed by atoms with Gasteiger partial charge in [0, 0.05) is 70.9 Å². The van der Waals surface area contributed by atoms with Crippen LogP contribution in [0.1, 0.15) is 22.3 Å². The quantitative estimate of drug-likeness (QED) is 0.112. The maximum atomic E-state index is 10.1. The predicted octanol–water partition coefficient (Wildman–Crippen LogP) is 35.9. The Kier molecular flexibility index (Phi) is 22.0. The van der Waals surface area contributed by atoms with Gasteiger partial charge in [-0.15, -0.1) is 0 Å². The van der Waals surface area contributed by atoms with E-state index in [0.29, 0.717) is 50.7 Å². The fourth-order valence-corrected chi connectivity index (χ4v) is 22.4. The van der Waals surface area contributed by atoms with Crippen LogP contribution in [0.2, 0.25) is 0 Å². The molecule has 0 amide bonds. The summed E-state index contributed by atoms with van der Waals surface area (Å²) in [6.07, 6.45) is 0. The molecule has 150 heavy (non-hydrogen) atoms. The van der Waals surface area contributed by atoms with Crippen LogP contribution in [0, 0.1) is 78.2 Å². The zero-order chi connectivity index (χ0) is 101. The molecule has 15 nitrogen and oxygen atoms in total. The first-order valence-corrected chi connectivity index (χ1v) is 48.7. The summed E-state index contributed by atoms with van der Waals surface area (Å²) in [5.74, 6) is 0. The van der Waals surface area contributed by atoms with Gasteiger partial charge in [0.15, 0.2) is 22.7 Å². The van der Waals surface area contributed by atoms with E-state index in [9.17, 15) is 21.0 Å². The van der Waals surface area contributed by atoms with Crippen LogP contribution in [0.3, 0.4) is 0 Å². The van der Waals surface area contributed by atoms with Gasteiger partial charge in [-0.1, -0.05) is 285 Å². The SMILES string of the molecule is [C-]#[N+]c1ccc2c(c1)c1cc(C#N)ccc1n2-c1ccccc1-c1c([N+]#[C-])cccc1-c1ccc(-n2c3ccccc3c3ccccc32)cc1.[C-]#[N+]c1cccc(-c2ccc(-n3c4ccccc4c4cccc([N+]#[C-])c43)cc2)c1-c1ccccc1-n1c2ccccc2c2cc(C#N)ccc21.[C-]#[N+]c1cccc(-c2ccc(-n3c4ccccc4c4ccccc43)cc2)c1-c1ccccc1-n1c2ccc(C#N)cc2c2c(C#N)cccc21. The summed E-state index contributed by atoms with van der Waals surface area (Å²) in [6.45, 7) is 40.2. The average molecular weight is 1910 g/mol. The van der Waals surface area contributed by atoms with Crippen molar-refractivity contribution in [1.82, 2.24) is 27.4 Å². The molecule has 27 aromatic rings. The number of aromatic nitrogens is 6. The standard InChI is InChI=1S/3C45H25N5/c1-47-38-16-9-14-32(30-22-24-31(25-23-30)49-40-18-6-3-11-33(40)35-15-10-17-39(48-2)45(35)49)44(38)36-13-5-8-20-42(36)50-41-19-7-4-12-34(41)37-27-29(28-46)21-26-43(37)50;1-47-31-21-25-44-38(27-31)37-26-29(28-46)18-24-43(37)50(44)42-17-8-5-12-36(42)45-33(13-9-14-39(45)48-2)30-19-22-32(23-20-30)49-40-15-6-3-10-34(40)35-11-4-7-16-41(35)49;1-48-38-15-9-14-33(30-21-23-32(24-22-30)49-39-16-5-2-11-34(39)35-12-3-6-17-40(35)49)45(38)36-13-4-7-18-41(36)50-42-25-20-29(27-46)26-37(42)44-31(28-47)10-8-19-43(44)50/h2*3-27H;2-26H. The maximum Gasteiger partial charge on any atom is 0.211 e. The van der Waals surface area contributed by atoms with Crippen LogP contribution in [-0.2, 0) is 0 Å². The molecule has 0 atom stereocenters. The molecule has 690 valence electrons. The molecule has 0 unspecified atom stereocenters. The Morgan fingerprint density at radius 3 is 0.847 bits per heavy atom. The first kappa shape index (κ1) is 89.2. The van der Waals surface area contributed by atoms with Gasteiger partial charge in [-0.25, -0.2) is 24.2 Å². The third-order valence-electron chi connectivity index (χ3n) is 28.8. The summed E-state index contributed by atoms with van der Waals surface area (Å²) in [5.41, 5.74) is 34.2. The van der Waals surface area contributed by atoms with Crippen LogP contribution in [0.15, 0.2) is 455 Å². The zero-order valence-corrected chi connectivity index (χ0v) is 80.0. The van der Waals surface area contributed by atoms with E-state index in [0.717, 1.165) is 210 Å². The highest BCUT2D eigenvalue weighted by Gasteiger charge is 2.28. The van der Waals surface area contributed by atoms with Crippen molar-refractivity contribution in [3.63, 3.8) is 0 Å². The number of rotatable bonds is 12. The molecular weight excluding hydrogens is 1830 g/mol. The van der Waals surface area contributed by atoms with E-state index in [1.165, 1.54) is 21.5 Å². The van der Waals surface area contributed by atoms with Gasteiger partial charge in [0.2, 0.25) is 5.69 Å². The first-order valence-electron chi connectivity index (χ1n) is 48.7. The number of nitrogens with zero attached hydrogens (tertiary/aromatic N) is 15. The molecule has 0 N–H and O–H groups in total. The third-order valence-corrected chi connectivity index (χ3v) is 28.8. The lowest BCUT2D eigenvalue weighted by Gasteiger charge is -2.18. The fourth-order valence-electron chi connectivity index (χ4n) is 22.4. The van der Waals surface area contributed by atoms with Crippen molar-refractivity contribution < 1.29 is 0 Å². The highest BCUT2D eigenvalue weighted by atomic mass is 15.0. The highest BCUT2D eigenvalue weighted by Crippen LogP contribution is 2.52. The summed E-state index contributed by atoms with van der Waals surface area (Å²) >= 11 is 0. The van der Waals surface area contributed by atoms with Gasteiger partial charge in [0.25, 0.3) is 0 Å². The second-order valence-electron chi connectivity index (χ2n) is 36.7. The van der Waals surface area contributed by atoms with Crippen LogP contribution in [0.4, 0.5) is 28.4 Å². The largest absolute Gasteiger partial charge is 0.319 e. The molecule has 0 saturated heterocycles. The van der Waals surface area contributed by atoms with Crippen molar-refractivity contribution in [3.05, 3.63) is 534 Å². The zero-order valence-electron chi connectivity index (χ0n) is 80.0. The lowest BCUT2D eigenvalue weighted by molar-refractivity contribution is 1.18. The minimum atomic E-state index is 0.530. The van der Waals surface area contributed by atoms with Crippen molar-refractivity contribution in [2.75, 3.05) is 0 Å². The molecule has 0 aliphatic carbocycles. The normalized spacial score (nSPS) is 11.1. The summed E-state index contributed by atoms with van der Waals surface area (Å²) in [7, 11) is 0. The lowest BCUT2D eigenvalue weighted by atomic mass is 9.92. The molecular formula is C135H75N15. The Morgan fingerprint density at radius 2 is 0.460 bits per heavy atom. The first-order chi connectivity index (χ1) is 74.1. The van der Waals surface area contributed by atoms with Crippen LogP contribution in [0.25, 0.3) is 256 Å². The number of hydrogen-bond acceptors (Lipinski definition) is 4. The molecule has 0 bridgehead atoms. The average Bonchev–Trinajstić information content (AvgIpc) is 1.55. The van der Waals surface area contributed by atoms with E-state index in [1.807, 2.05) is 200 Å². The molecule has 0 fully saturated rings. The van der Waals surface area contributed by atoms with Crippen molar-refractivity contribution in [1.29, 1.82) is 21.0 Å². The van der Waals surface area contributed by atoms with Crippen molar-refractivity contribution in [3.8, 4) is 125 Å². The summed E-state index contributed by atoms with van der Waals surface area (Å²) < 4.78 is 13.4. The number of nitriles is 4. The molecule has 0 saturated carbocycles. The molecule has 21 aromatic carbocycles. The Bertz CT molecular complexity index is 10600. The molecule has 0 aliphatic heterocycles. The van der Waals surface area contributed by atoms with Gasteiger partial charge in [-0.3, -0.25) is 0 Å². The van der Waals surface area contributed by atoms with Gasteiger partial charge < -0.3 is 27.4 Å². The second kappa shape index (κ2) is 37.0. The molecule has 27 rings (SSSR count). The van der Waals surface area contributed by atoms with Crippen LogP contribution < -0.4 is 0 Å². The molecule has 0 aliphatic rings. The topological polar surface area (TPSA) is 147 Å². The maximum absolute atomic E-state index is 10.1. The Hall–Kier alpha value is -22.2. The number of hydrogen-bond donors (Lipinski definition) is 0. The van der Waals surface area contributed by atoms with E-state index < -0.39 is 0 Å². The Balaban J connectivity index is 0.000000116. The van der Waals surface area contributed by atoms with Gasteiger partial charge in [0.1, 0.15) is 0 Å². The summed E-state index contributed by atoms with van der Waals surface area (Å²) in [6, 6.07) is 162. The number of fused-ring (bicyclic) bond motifs is 18. The molecule has 15 heteroatoms. The monoisotopic (exact) mass is 1910 g/mol. The lowest BCUT2D eigenvalue weighted by Crippen LogP contribution is -1.98. The molecule has 0 spiro atoms. The Morgan fingerprint density at radius 1 is 0.187 bits per heavy atom. The van der Waals surface area contributed by atoms with Crippen LogP contribution in [0.5, 0.6) is 0 Å². The minimum Gasteiger partial charge on any atom is -0.319 e. The van der Waals surface area contributed by atoms with Crippen molar-refractivity contribution >= 4 is 159 Å². The summed E-state index contributed by atoms with van der Waals surface area (Å²) in [4.78, 5) is 19.6. The van der Waals surface area contributed by atoms with Gasteiger partial charge in [0.05, 0.1) is 163 Å². The smallest absolute Gasteiger partial charge is 0.211 e. The Labute approximate surface area is 861 Å². The summed E-state index contributed by atoms with van der Waals surface area (Å²) in [5, 5.41) is 51.7. The highest BCUT2D eigenvalue weighted by molar-refractivity contribution is 6.18.